The van der Waals surface area contributed by atoms with Crippen molar-refractivity contribution in [2.75, 3.05) is 26.7 Å². The molecule has 0 bridgehead atoms. The number of nitrogens with zero attached hydrogens (tertiary/aromatic N) is 2. The van der Waals surface area contributed by atoms with E-state index in [4.69, 9.17) is 0 Å². The van der Waals surface area contributed by atoms with Crippen molar-refractivity contribution in [3.8, 4) is 0 Å². The van der Waals surface area contributed by atoms with E-state index in [1.165, 1.54) is 17.5 Å². The number of benzene rings is 2. The zero-order chi connectivity index (χ0) is 15.4. The maximum Gasteiger partial charge on any atom is 0.0545 e. The molecule has 1 heterocycles. The predicted molar refractivity (Wildman–Crippen MR) is 92.9 cm³/mol. The van der Waals surface area contributed by atoms with Gasteiger partial charge >= 0.3 is 0 Å². The minimum absolute atomic E-state index is 0.420. The van der Waals surface area contributed by atoms with Gasteiger partial charge in [-0.15, -0.1) is 0 Å². The predicted octanol–water partition coefficient (Wildman–Crippen LogP) is 4.13. The van der Waals surface area contributed by atoms with Crippen molar-refractivity contribution in [2.24, 2.45) is 0 Å². The smallest absolute Gasteiger partial charge is 0.0545 e. The van der Waals surface area contributed by atoms with Crippen LogP contribution in [0.3, 0.4) is 0 Å². The van der Waals surface area contributed by atoms with Gasteiger partial charge in [0, 0.05) is 13.1 Å². The van der Waals surface area contributed by atoms with Gasteiger partial charge in [0.05, 0.1) is 12.1 Å². The van der Waals surface area contributed by atoms with E-state index in [0.29, 0.717) is 12.1 Å². The Bertz CT molecular complexity index is 567. The fourth-order valence-electron chi connectivity index (χ4n) is 3.67. The number of rotatable bonds is 4. The number of hydrogen-bond acceptors (Lipinski definition) is 2. The molecular formula is C20H26N2. The molecule has 1 aliphatic heterocycles. The third kappa shape index (κ3) is 3.08. The average Bonchev–Trinajstić information content (AvgIpc) is 2.58. The van der Waals surface area contributed by atoms with Gasteiger partial charge in [0.1, 0.15) is 0 Å². The lowest BCUT2D eigenvalue weighted by Gasteiger charge is -2.47. The molecule has 2 aromatic rings. The van der Waals surface area contributed by atoms with Crippen molar-refractivity contribution < 1.29 is 0 Å². The first kappa shape index (κ1) is 15.3. The minimum atomic E-state index is 0.420. The summed E-state index contributed by atoms with van der Waals surface area (Å²) in [5.74, 6) is 0. The van der Waals surface area contributed by atoms with Gasteiger partial charge in [-0.2, -0.15) is 0 Å². The molecule has 1 saturated heterocycles. The second kappa shape index (κ2) is 7.08. The zero-order valence-electron chi connectivity index (χ0n) is 13.7. The lowest BCUT2D eigenvalue weighted by Crippen LogP contribution is -2.48. The summed E-state index contributed by atoms with van der Waals surface area (Å²) in [6.07, 6.45) is 1.20. The normalized spacial score (nSPS) is 23.5. The van der Waals surface area contributed by atoms with Gasteiger partial charge in [0.25, 0.3) is 0 Å². The van der Waals surface area contributed by atoms with E-state index in [0.717, 1.165) is 19.6 Å². The van der Waals surface area contributed by atoms with E-state index >= 15 is 0 Å². The van der Waals surface area contributed by atoms with Crippen LogP contribution in [0.5, 0.6) is 0 Å². The maximum absolute atomic E-state index is 2.66. The third-order valence-electron chi connectivity index (χ3n) is 4.70. The topological polar surface area (TPSA) is 6.48 Å². The van der Waals surface area contributed by atoms with Crippen molar-refractivity contribution in [3.05, 3.63) is 71.8 Å². The molecule has 22 heavy (non-hydrogen) atoms. The first-order valence-electron chi connectivity index (χ1n) is 8.35. The highest BCUT2D eigenvalue weighted by atomic mass is 15.3. The largest absolute Gasteiger partial charge is 0.296 e. The van der Waals surface area contributed by atoms with Crippen molar-refractivity contribution in [1.82, 2.24) is 9.80 Å². The Morgan fingerprint density at radius 2 is 1.36 bits per heavy atom. The van der Waals surface area contributed by atoms with Gasteiger partial charge in [0.2, 0.25) is 0 Å². The van der Waals surface area contributed by atoms with Crippen molar-refractivity contribution in [1.29, 1.82) is 0 Å². The van der Waals surface area contributed by atoms with Crippen molar-refractivity contribution in [3.63, 3.8) is 0 Å². The molecule has 2 heteroatoms. The Hall–Kier alpha value is -1.64. The maximum atomic E-state index is 2.66. The van der Waals surface area contributed by atoms with Crippen LogP contribution in [0.1, 0.15) is 36.6 Å². The fraction of sp³-hybridized carbons (Fsp3) is 0.400. The molecule has 3 rings (SSSR count). The van der Waals surface area contributed by atoms with Gasteiger partial charge < -0.3 is 0 Å². The standard InChI is InChI=1S/C20H26N2/c1-3-14-22-16-15-21(2)19(17-10-6-4-7-11-17)20(22)18-12-8-5-9-13-18/h4-13,19-20H,3,14-16H2,1-2H3. The zero-order valence-corrected chi connectivity index (χ0v) is 13.7. The summed E-state index contributed by atoms with van der Waals surface area (Å²) in [7, 11) is 2.26. The van der Waals surface area contributed by atoms with Gasteiger partial charge in [-0.05, 0) is 31.1 Å². The first-order valence-corrected chi connectivity index (χ1v) is 8.35. The van der Waals surface area contributed by atoms with E-state index in [1.807, 2.05) is 0 Å². The minimum Gasteiger partial charge on any atom is -0.296 e. The summed E-state index contributed by atoms with van der Waals surface area (Å²) in [6, 6.07) is 22.8. The van der Waals surface area contributed by atoms with Crippen LogP contribution in [0.4, 0.5) is 0 Å². The monoisotopic (exact) mass is 294 g/mol. The lowest BCUT2D eigenvalue weighted by molar-refractivity contribution is 0.0325. The summed E-state index contributed by atoms with van der Waals surface area (Å²) in [6.45, 7) is 5.71. The van der Waals surface area contributed by atoms with E-state index in [9.17, 15) is 0 Å². The highest BCUT2D eigenvalue weighted by Crippen LogP contribution is 2.40. The van der Waals surface area contributed by atoms with Crippen molar-refractivity contribution in [2.45, 2.75) is 25.4 Å². The molecule has 1 aliphatic rings. The van der Waals surface area contributed by atoms with Crippen molar-refractivity contribution >= 4 is 0 Å². The number of piperazine rings is 1. The molecule has 116 valence electrons. The van der Waals surface area contributed by atoms with Crippen LogP contribution in [-0.2, 0) is 0 Å². The molecular weight excluding hydrogens is 268 g/mol. The first-order chi connectivity index (χ1) is 10.8. The second-order valence-electron chi connectivity index (χ2n) is 6.23. The van der Waals surface area contributed by atoms with Crippen LogP contribution < -0.4 is 0 Å². The SMILES string of the molecule is CCCN1CCN(C)C(c2ccccc2)C1c1ccccc1. The van der Waals surface area contributed by atoms with Gasteiger partial charge in [0.15, 0.2) is 0 Å². The average molecular weight is 294 g/mol. The number of hydrogen-bond donors (Lipinski definition) is 0. The van der Waals surface area contributed by atoms with E-state index < -0.39 is 0 Å². The highest BCUT2D eigenvalue weighted by molar-refractivity contribution is 5.28. The highest BCUT2D eigenvalue weighted by Gasteiger charge is 2.36. The Morgan fingerprint density at radius 3 is 1.91 bits per heavy atom. The Balaban J connectivity index is 2.02. The Morgan fingerprint density at radius 1 is 0.818 bits per heavy atom. The number of likely N-dealkylation sites (N-methyl/N-ethyl adjacent to an activating group) is 1. The third-order valence-corrected chi connectivity index (χ3v) is 4.70. The van der Waals surface area contributed by atoms with E-state index in [1.54, 1.807) is 0 Å². The van der Waals surface area contributed by atoms with E-state index in [-0.39, 0.29) is 0 Å². The Kier molecular flexibility index (Phi) is 4.91. The van der Waals surface area contributed by atoms with E-state index in [2.05, 4.69) is 84.4 Å². The summed E-state index contributed by atoms with van der Waals surface area (Å²) >= 11 is 0. The molecule has 0 spiro atoms. The molecule has 0 saturated carbocycles. The van der Waals surface area contributed by atoms with Crippen LogP contribution in [0.25, 0.3) is 0 Å². The van der Waals surface area contributed by atoms with Gasteiger partial charge in [-0.3, -0.25) is 9.80 Å². The van der Waals surface area contributed by atoms with Crippen LogP contribution in [0.15, 0.2) is 60.7 Å². The van der Waals surface area contributed by atoms with Crippen LogP contribution in [0.2, 0.25) is 0 Å². The van der Waals surface area contributed by atoms with Gasteiger partial charge in [-0.25, -0.2) is 0 Å². The molecule has 0 aromatic heterocycles. The molecule has 2 atom stereocenters. The molecule has 1 fully saturated rings. The Labute approximate surface area is 134 Å². The van der Waals surface area contributed by atoms with Crippen LogP contribution in [-0.4, -0.2) is 36.5 Å². The molecule has 2 nitrogen and oxygen atoms in total. The summed E-state index contributed by atoms with van der Waals surface area (Å²) < 4.78 is 0. The molecule has 0 radical (unpaired) electrons. The van der Waals surface area contributed by atoms with Crippen LogP contribution in [0, 0.1) is 0 Å². The second-order valence-corrected chi connectivity index (χ2v) is 6.23. The summed E-state index contributed by atoms with van der Waals surface area (Å²) in [5, 5.41) is 0. The fourth-order valence-corrected chi connectivity index (χ4v) is 3.67. The molecule has 2 unspecified atom stereocenters. The van der Waals surface area contributed by atoms with Crippen LogP contribution >= 0.6 is 0 Å². The molecule has 0 aliphatic carbocycles. The summed E-state index contributed by atoms with van der Waals surface area (Å²) in [4.78, 5) is 5.17. The molecule has 0 amide bonds. The lowest BCUT2D eigenvalue weighted by atomic mass is 9.89. The summed E-state index contributed by atoms with van der Waals surface area (Å²) in [5.41, 5.74) is 2.84. The quantitative estimate of drug-likeness (QED) is 0.836. The van der Waals surface area contributed by atoms with Gasteiger partial charge in [-0.1, -0.05) is 67.6 Å². The molecule has 2 aromatic carbocycles. The molecule has 0 N–H and O–H groups in total.